The van der Waals surface area contributed by atoms with Crippen molar-refractivity contribution in [2.24, 2.45) is 0 Å². The third-order valence-corrected chi connectivity index (χ3v) is 2.23. The van der Waals surface area contributed by atoms with Crippen LogP contribution in [0.3, 0.4) is 0 Å². The number of carbonyl (C=O) groups excluding carboxylic acids is 1. The van der Waals surface area contributed by atoms with Crippen LogP contribution < -0.4 is 16.5 Å². The molecule has 0 atom stereocenters. The zero-order chi connectivity index (χ0) is 10.7. The number of halogens is 1. The van der Waals surface area contributed by atoms with E-state index < -0.39 is 0 Å². The number of likely N-dealkylation sites (N-methyl/N-ethyl adjacent to an activating group) is 1. The fourth-order valence-electron chi connectivity index (χ4n) is 0.953. The van der Waals surface area contributed by atoms with Crippen LogP contribution in [0.5, 0.6) is 0 Å². The summed E-state index contributed by atoms with van der Waals surface area (Å²) in [4.78, 5) is 22.2. The maximum absolute atomic E-state index is 11.2. The van der Waals surface area contributed by atoms with Crippen LogP contribution in [0.4, 0.5) is 5.69 Å². The molecule has 1 aromatic heterocycles. The number of hydrogen-bond acceptors (Lipinski definition) is 3. The minimum atomic E-state index is -0.266. The maximum Gasteiger partial charge on any atom is 0.239 e. The molecule has 0 radical (unpaired) electrons. The van der Waals surface area contributed by atoms with E-state index in [4.69, 9.17) is 5.73 Å². The number of nitrogens with zero attached hydrogens (tertiary/aromatic N) is 1. The lowest BCUT2D eigenvalue weighted by Crippen LogP contribution is -2.24. The number of nitrogen functional groups attached to an aromatic ring is 1. The first-order valence-corrected chi connectivity index (χ1v) is 4.69. The van der Waals surface area contributed by atoms with Gasteiger partial charge in [0, 0.05) is 19.4 Å². The highest BCUT2D eigenvalue weighted by atomic mass is 79.9. The lowest BCUT2D eigenvalue weighted by atomic mass is 10.4. The molecular formula is C8H10BrN3O2. The highest BCUT2D eigenvalue weighted by molar-refractivity contribution is 9.10. The van der Waals surface area contributed by atoms with Crippen molar-refractivity contribution in [1.82, 2.24) is 9.88 Å². The first kappa shape index (κ1) is 10.8. The SMILES string of the molecule is CNC(=O)Cn1cc(N)c(=O)c(Br)c1. The van der Waals surface area contributed by atoms with E-state index in [1.807, 2.05) is 0 Å². The monoisotopic (exact) mass is 259 g/mol. The van der Waals surface area contributed by atoms with Crippen LogP contribution in [-0.4, -0.2) is 17.5 Å². The molecule has 76 valence electrons. The topological polar surface area (TPSA) is 77.1 Å². The molecule has 0 aromatic carbocycles. The number of anilines is 1. The molecule has 0 unspecified atom stereocenters. The fourth-order valence-corrected chi connectivity index (χ4v) is 1.44. The van der Waals surface area contributed by atoms with E-state index in [0.29, 0.717) is 4.47 Å². The second kappa shape index (κ2) is 4.28. The minimum Gasteiger partial charge on any atom is -0.394 e. The normalized spacial score (nSPS) is 9.86. The molecule has 0 aliphatic rings. The van der Waals surface area contributed by atoms with Gasteiger partial charge < -0.3 is 15.6 Å². The number of rotatable bonds is 2. The summed E-state index contributed by atoms with van der Waals surface area (Å²) in [5.41, 5.74) is 5.29. The van der Waals surface area contributed by atoms with Gasteiger partial charge in [-0.1, -0.05) is 0 Å². The first-order chi connectivity index (χ1) is 6.54. The first-order valence-electron chi connectivity index (χ1n) is 3.90. The molecule has 3 N–H and O–H groups in total. The van der Waals surface area contributed by atoms with Crippen LogP contribution in [0.25, 0.3) is 0 Å². The van der Waals surface area contributed by atoms with E-state index in [2.05, 4.69) is 21.2 Å². The second-order valence-corrected chi connectivity index (χ2v) is 3.59. The predicted molar refractivity (Wildman–Crippen MR) is 56.9 cm³/mol. The van der Waals surface area contributed by atoms with Gasteiger partial charge in [-0.2, -0.15) is 0 Å². The van der Waals surface area contributed by atoms with Gasteiger partial charge in [-0.25, -0.2) is 0 Å². The second-order valence-electron chi connectivity index (χ2n) is 2.74. The van der Waals surface area contributed by atoms with Gasteiger partial charge in [0.1, 0.15) is 6.54 Å². The number of aromatic nitrogens is 1. The summed E-state index contributed by atoms with van der Waals surface area (Å²) < 4.78 is 1.89. The van der Waals surface area contributed by atoms with Crippen LogP contribution >= 0.6 is 15.9 Å². The lowest BCUT2D eigenvalue weighted by molar-refractivity contribution is -0.121. The van der Waals surface area contributed by atoms with E-state index in [1.54, 1.807) is 11.6 Å². The van der Waals surface area contributed by atoms with Crippen molar-refractivity contribution in [2.75, 3.05) is 12.8 Å². The van der Waals surface area contributed by atoms with E-state index in [9.17, 15) is 9.59 Å². The summed E-state index contributed by atoms with van der Waals surface area (Å²) in [5.74, 6) is -0.153. The smallest absolute Gasteiger partial charge is 0.239 e. The van der Waals surface area contributed by atoms with Crippen molar-refractivity contribution < 1.29 is 4.79 Å². The van der Waals surface area contributed by atoms with Gasteiger partial charge >= 0.3 is 0 Å². The Morgan fingerprint density at radius 1 is 1.64 bits per heavy atom. The molecule has 14 heavy (non-hydrogen) atoms. The van der Waals surface area contributed by atoms with E-state index in [-0.39, 0.29) is 23.6 Å². The van der Waals surface area contributed by atoms with Crippen LogP contribution in [0, 0.1) is 0 Å². The quantitative estimate of drug-likeness (QED) is 0.782. The molecule has 1 heterocycles. The number of nitrogens with two attached hydrogens (primary N) is 1. The zero-order valence-electron chi connectivity index (χ0n) is 7.58. The molecule has 5 nitrogen and oxygen atoms in total. The van der Waals surface area contributed by atoms with E-state index >= 15 is 0 Å². The number of pyridine rings is 1. The predicted octanol–water partition coefficient (Wildman–Crippen LogP) is -0.0610. The molecule has 0 saturated heterocycles. The molecule has 0 aliphatic carbocycles. The molecule has 0 fully saturated rings. The number of hydrogen-bond donors (Lipinski definition) is 2. The Kier molecular flexibility index (Phi) is 3.29. The average molecular weight is 260 g/mol. The van der Waals surface area contributed by atoms with Crippen molar-refractivity contribution in [1.29, 1.82) is 0 Å². The molecule has 6 heteroatoms. The van der Waals surface area contributed by atoms with Gasteiger partial charge in [-0.3, -0.25) is 9.59 Å². The Balaban J connectivity index is 3.01. The van der Waals surface area contributed by atoms with E-state index in [1.165, 1.54) is 12.4 Å². The third kappa shape index (κ3) is 2.35. The fraction of sp³-hybridized carbons (Fsp3) is 0.250. The minimum absolute atomic E-state index is 0.114. The maximum atomic E-state index is 11.2. The van der Waals surface area contributed by atoms with Crippen molar-refractivity contribution >= 4 is 27.5 Å². The molecule has 1 aromatic rings. The number of carbonyl (C=O) groups is 1. The molecular weight excluding hydrogens is 250 g/mol. The molecule has 0 bridgehead atoms. The molecule has 0 saturated carbocycles. The van der Waals surface area contributed by atoms with Gasteiger partial charge in [0.15, 0.2) is 0 Å². The largest absolute Gasteiger partial charge is 0.394 e. The standard InChI is InChI=1S/C8H10BrN3O2/c1-11-7(13)4-12-2-5(9)8(14)6(10)3-12/h2-3H,4,10H2,1H3,(H,11,13). The molecule has 1 rings (SSSR count). The van der Waals surface area contributed by atoms with Gasteiger partial charge in [0.2, 0.25) is 11.3 Å². The van der Waals surface area contributed by atoms with Crippen LogP contribution in [0.2, 0.25) is 0 Å². The van der Waals surface area contributed by atoms with Gasteiger partial charge in [0.25, 0.3) is 0 Å². The molecule has 0 spiro atoms. The Bertz CT molecular complexity index is 387. The summed E-state index contributed by atoms with van der Waals surface area (Å²) in [6.07, 6.45) is 2.95. The summed E-state index contributed by atoms with van der Waals surface area (Å²) in [6.45, 7) is 0.138. The van der Waals surface area contributed by atoms with Crippen LogP contribution in [0.1, 0.15) is 0 Å². The Labute approximate surface area is 89.0 Å². The molecule has 0 aliphatic heterocycles. The summed E-state index contributed by atoms with van der Waals surface area (Å²) in [6, 6.07) is 0. The van der Waals surface area contributed by atoms with Gasteiger partial charge in [0.05, 0.1) is 10.2 Å². The average Bonchev–Trinajstić information content (AvgIpc) is 2.14. The Hall–Kier alpha value is -1.30. The van der Waals surface area contributed by atoms with Crippen LogP contribution in [0.15, 0.2) is 21.7 Å². The van der Waals surface area contributed by atoms with Crippen molar-refractivity contribution in [3.8, 4) is 0 Å². The number of amides is 1. The number of nitrogens with one attached hydrogen (secondary N) is 1. The Morgan fingerprint density at radius 3 is 2.79 bits per heavy atom. The van der Waals surface area contributed by atoms with Gasteiger partial charge in [-0.15, -0.1) is 0 Å². The van der Waals surface area contributed by atoms with Crippen molar-refractivity contribution in [3.05, 3.63) is 27.1 Å². The van der Waals surface area contributed by atoms with Gasteiger partial charge in [-0.05, 0) is 15.9 Å². The summed E-state index contributed by atoms with van der Waals surface area (Å²) in [7, 11) is 1.54. The highest BCUT2D eigenvalue weighted by Gasteiger charge is 2.04. The highest BCUT2D eigenvalue weighted by Crippen LogP contribution is 2.05. The lowest BCUT2D eigenvalue weighted by Gasteiger charge is -2.06. The van der Waals surface area contributed by atoms with E-state index in [0.717, 1.165) is 0 Å². The summed E-state index contributed by atoms with van der Waals surface area (Å²) in [5, 5.41) is 2.47. The van der Waals surface area contributed by atoms with Crippen molar-refractivity contribution in [3.63, 3.8) is 0 Å². The summed E-state index contributed by atoms with van der Waals surface area (Å²) >= 11 is 3.06. The van der Waals surface area contributed by atoms with Crippen molar-refractivity contribution in [2.45, 2.75) is 6.54 Å². The third-order valence-electron chi connectivity index (χ3n) is 1.67. The zero-order valence-corrected chi connectivity index (χ0v) is 9.17. The molecule has 1 amide bonds. The Morgan fingerprint density at radius 2 is 2.29 bits per heavy atom. The van der Waals surface area contributed by atoms with Crippen LogP contribution in [-0.2, 0) is 11.3 Å².